The van der Waals surface area contributed by atoms with Crippen molar-refractivity contribution in [2.24, 2.45) is 0 Å². The van der Waals surface area contributed by atoms with Crippen molar-refractivity contribution in [3.05, 3.63) is 66.2 Å². The van der Waals surface area contributed by atoms with Crippen LogP contribution in [0, 0.1) is 0 Å². The van der Waals surface area contributed by atoms with Gasteiger partial charge < -0.3 is 15.5 Å². The number of carbonyl (C=O) groups excluding carboxylic acids is 2. The Balaban J connectivity index is 1.31. The van der Waals surface area contributed by atoms with Crippen LogP contribution in [0.25, 0.3) is 0 Å². The molecule has 1 heterocycles. The third-order valence-corrected chi connectivity index (χ3v) is 5.14. The fourth-order valence-electron chi connectivity index (χ4n) is 3.50. The number of para-hydroxylation sites is 1. The number of benzene rings is 2. The third kappa shape index (κ3) is 6.41. The van der Waals surface area contributed by atoms with Crippen molar-refractivity contribution in [1.82, 2.24) is 10.2 Å². The lowest BCUT2D eigenvalue weighted by molar-refractivity contribution is -0.132. The maximum Gasteiger partial charge on any atom is 0.224 e. The monoisotopic (exact) mass is 379 g/mol. The molecule has 28 heavy (non-hydrogen) atoms. The van der Waals surface area contributed by atoms with E-state index in [2.05, 4.69) is 10.6 Å². The zero-order valence-electron chi connectivity index (χ0n) is 16.3. The number of rotatable bonds is 8. The minimum Gasteiger partial charge on any atom is -0.385 e. The van der Waals surface area contributed by atoms with Gasteiger partial charge in [-0.1, -0.05) is 48.5 Å². The minimum atomic E-state index is 0.0979. The number of nitrogens with one attached hydrogen (secondary N) is 2. The molecule has 0 spiro atoms. The van der Waals surface area contributed by atoms with Crippen LogP contribution in [0.1, 0.15) is 31.2 Å². The Morgan fingerprint density at radius 3 is 2.21 bits per heavy atom. The van der Waals surface area contributed by atoms with Crippen LogP contribution in [0.5, 0.6) is 0 Å². The average molecular weight is 380 g/mol. The van der Waals surface area contributed by atoms with Crippen molar-refractivity contribution in [2.75, 3.05) is 25.0 Å². The Bertz CT molecular complexity index is 741. The van der Waals surface area contributed by atoms with E-state index in [-0.39, 0.29) is 17.9 Å². The van der Waals surface area contributed by atoms with E-state index in [1.807, 2.05) is 65.6 Å². The van der Waals surface area contributed by atoms with E-state index >= 15 is 0 Å². The lowest BCUT2D eigenvalue weighted by Gasteiger charge is -2.32. The molecule has 2 N–H and O–H groups in total. The summed E-state index contributed by atoms with van der Waals surface area (Å²) in [7, 11) is 0. The molecule has 2 aromatic carbocycles. The van der Waals surface area contributed by atoms with Gasteiger partial charge in [-0.3, -0.25) is 9.59 Å². The number of hydrogen-bond acceptors (Lipinski definition) is 3. The van der Waals surface area contributed by atoms with E-state index in [4.69, 9.17) is 0 Å². The van der Waals surface area contributed by atoms with Crippen molar-refractivity contribution in [2.45, 2.75) is 38.1 Å². The number of likely N-dealkylation sites (tertiary alicyclic amines) is 1. The molecule has 0 aromatic heterocycles. The van der Waals surface area contributed by atoms with Crippen molar-refractivity contribution in [3.63, 3.8) is 0 Å². The summed E-state index contributed by atoms with van der Waals surface area (Å²) in [6.07, 6.45) is 3.42. The third-order valence-electron chi connectivity index (χ3n) is 5.14. The molecule has 0 saturated carbocycles. The normalized spacial score (nSPS) is 14.5. The average Bonchev–Trinajstić information content (AvgIpc) is 2.74. The van der Waals surface area contributed by atoms with Crippen LogP contribution in [0.2, 0.25) is 0 Å². The quantitative estimate of drug-likeness (QED) is 0.740. The van der Waals surface area contributed by atoms with Gasteiger partial charge in [-0.25, -0.2) is 0 Å². The number of anilines is 1. The summed E-state index contributed by atoms with van der Waals surface area (Å²) in [5, 5.41) is 6.40. The Labute approximate surface area is 167 Å². The number of amides is 2. The fourth-order valence-corrected chi connectivity index (χ4v) is 3.50. The van der Waals surface area contributed by atoms with E-state index in [9.17, 15) is 9.59 Å². The van der Waals surface area contributed by atoms with Crippen LogP contribution in [0.4, 0.5) is 5.69 Å². The van der Waals surface area contributed by atoms with E-state index in [1.165, 1.54) is 5.56 Å². The molecule has 2 aromatic rings. The van der Waals surface area contributed by atoms with Crippen molar-refractivity contribution >= 4 is 17.5 Å². The molecule has 1 fully saturated rings. The summed E-state index contributed by atoms with van der Waals surface area (Å²) >= 11 is 0. The first-order chi connectivity index (χ1) is 13.7. The second-order valence-corrected chi connectivity index (χ2v) is 7.25. The topological polar surface area (TPSA) is 61.4 Å². The van der Waals surface area contributed by atoms with Crippen molar-refractivity contribution in [1.29, 1.82) is 0 Å². The number of aryl methyl sites for hydroxylation is 1. The van der Waals surface area contributed by atoms with Crippen LogP contribution in [-0.4, -0.2) is 42.4 Å². The number of nitrogens with zero attached hydrogens (tertiary/aromatic N) is 1. The first-order valence-corrected chi connectivity index (χ1v) is 10.1. The number of carbonyl (C=O) groups is 2. The molecule has 5 nitrogen and oxygen atoms in total. The first-order valence-electron chi connectivity index (χ1n) is 10.1. The molecule has 0 atom stereocenters. The van der Waals surface area contributed by atoms with Crippen LogP contribution >= 0.6 is 0 Å². The molecule has 0 aliphatic carbocycles. The summed E-state index contributed by atoms with van der Waals surface area (Å²) in [5.74, 6) is 0.276. The zero-order chi connectivity index (χ0) is 19.6. The van der Waals surface area contributed by atoms with Gasteiger partial charge in [-0.15, -0.1) is 0 Å². The Kier molecular flexibility index (Phi) is 7.47. The highest BCUT2D eigenvalue weighted by molar-refractivity contribution is 5.77. The predicted octanol–water partition coefficient (Wildman–Crippen LogP) is 3.23. The van der Waals surface area contributed by atoms with Gasteiger partial charge in [0.1, 0.15) is 0 Å². The van der Waals surface area contributed by atoms with Crippen LogP contribution < -0.4 is 10.6 Å². The molecule has 1 saturated heterocycles. The summed E-state index contributed by atoms with van der Waals surface area (Å²) in [6.45, 7) is 2.07. The molecule has 0 radical (unpaired) electrons. The van der Waals surface area contributed by atoms with Gasteiger partial charge in [-0.05, 0) is 37.0 Å². The lowest BCUT2D eigenvalue weighted by Crippen LogP contribution is -2.46. The molecule has 1 aliphatic heterocycles. The van der Waals surface area contributed by atoms with Gasteiger partial charge >= 0.3 is 0 Å². The first kappa shape index (κ1) is 19.9. The lowest BCUT2D eigenvalue weighted by atomic mass is 10.0. The van der Waals surface area contributed by atoms with Gasteiger partial charge in [0, 0.05) is 44.2 Å². The molecule has 148 valence electrons. The molecule has 5 heteroatoms. The molecular formula is C23H29N3O2. The largest absolute Gasteiger partial charge is 0.385 e. The molecule has 0 unspecified atom stereocenters. The molecule has 2 amide bonds. The van der Waals surface area contributed by atoms with Crippen molar-refractivity contribution in [3.8, 4) is 0 Å². The highest BCUT2D eigenvalue weighted by Crippen LogP contribution is 2.13. The van der Waals surface area contributed by atoms with Crippen LogP contribution in [0.15, 0.2) is 60.7 Å². The van der Waals surface area contributed by atoms with Gasteiger partial charge in [-0.2, -0.15) is 0 Å². The van der Waals surface area contributed by atoms with E-state index in [1.54, 1.807) is 0 Å². The van der Waals surface area contributed by atoms with Crippen LogP contribution in [0.3, 0.4) is 0 Å². The molecule has 0 bridgehead atoms. The maximum absolute atomic E-state index is 12.4. The van der Waals surface area contributed by atoms with Crippen molar-refractivity contribution < 1.29 is 9.59 Å². The van der Waals surface area contributed by atoms with E-state index in [0.717, 1.165) is 24.9 Å². The highest BCUT2D eigenvalue weighted by atomic mass is 16.2. The maximum atomic E-state index is 12.4. The number of hydrogen-bond donors (Lipinski definition) is 2. The van der Waals surface area contributed by atoms with Gasteiger partial charge in [0.25, 0.3) is 0 Å². The molecule has 3 rings (SSSR count). The summed E-state index contributed by atoms with van der Waals surface area (Å²) < 4.78 is 0. The number of piperidine rings is 1. The van der Waals surface area contributed by atoms with E-state index in [0.29, 0.717) is 32.5 Å². The Morgan fingerprint density at radius 2 is 1.54 bits per heavy atom. The second-order valence-electron chi connectivity index (χ2n) is 7.25. The SMILES string of the molecule is O=C(CCc1ccccc1)NC1CCN(C(=O)CCNc2ccccc2)CC1. The van der Waals surface area contributed by atoms with Gasteiger partial charge in [0.2, 0.25) is 11.8 Å². The Hall–Kier alpha value is -2.82. The van der Waals surface area contributed by atoms with Crippen LogP contribution in [-0.2, 0) is 16.0 Å². The van der Waals surface area contributed by atoms with Gasteiger partial charge in [0.15, 0.2) is 0 Å². The summed E-state index contributed by atoms with van der Waals surface area (Å²) in [6, 6.07) is 20.2. The second kappa shape index (κ2) is 10.5. The smallest absolute Gasteiger partial charge is 0.224 e. The summed E-state index contributed by atoms with van der Waals surface area (Å²) in [4.78, 5) is 26.5. The fraction of sp³-hybridized carbons (Fsp3) is 0.391. The predicted molar refractivity (Wildman–Crippen MR) is 112 cm³/mol. The molecular weight excluding hydrogens is 350 g/mol. The zero-order valence-corrected chi connectivity index (χ0v) is 16.3. The Morgan fingerprint density at radius 1 is 0.893 bits per heavy atom. The summed E-state index contributed by atoms with van der Waals surface area (Å²) in [5.41, 5.74) is 2.22. The van der Waals surface area contributed by atoms with Gasteiger partial charge in [0.05, 0.1) is 0 Å². The highest BCUT2D eigenvalue weighted by Gasteiger charge is 2.23. The molecule has 1 aliphatic rings. The van der Waals surface area contributed by atoms with E-state index < -0.39 is 0 Å². The minimum absolute atomic E-state index is 0.0979. The standard InChI is InChI=1S/C23H29N3O2/c27-22(12-11-19-7-3-1-4-8-19)25-21-14-17-26(18-15-21)23(28)13-16-24-20-9-5-2-6-10-20/h1-10,21,24H,11-18H2,(H,25,27).